The molecule has 0 radical (unpaired) electrons. The van der Waals surface area contributed by atoms with Crippen LogP contribution in [0.2, 0.25) is 0 Å². The lowest BCUT2D eigenvalue weighted by atomic mass is 9.82. The van der Waals surface area contributed by atoms with Gasteiger partial charge in [0.25, 0.3) is 0 Å². The molecule has 1 aromatic carbocycles. The third-order valence-corrected chi connectivity index (χ3v) is 3.96. The maximum atomic E-state index is 12.0. The molecule has 1 aliphatic rings. The van der Waals surface area contributed by atoms with E-state index in [9.17, 15) is 9.90 Å². The first kappa shape index (κ1) is 15.5. The maximum absolute atomic E-state index is 12.0. The van der Waals surface area contributed by atoms with Gasteiger partial charge in [-0.2, -0.15) is 0 Å². The van der Waals surface area contributed by atoms with E-state index in [1.54, 1.807) is 0 Å². The molecule has 1 aliphatic carbocycles. The molecule has 0 saturated heterocycles. The van der Waals surface area contributed by atoms with Crippen molar-refractivity contribution in [3.05, 3.63) is 59.6 Å². The van der Waals surface area contributed by atoms with Crippen molar-refractivity contribution < 1.29 is 14.6 Å². The van der Waals surface area contributed by atoms with Crippen LogP contribution in [0.1, 0.15) is 59.3 Å². The molecule has 1 unspecified atom stereocenters. The van der Waals surface area contributed by atoms with Gasteiger partial charge in [-0.25, -0.2) is 0 Å². The summed E-state index contributed by atoms with van der Waals surface area (Å²) >= 11 is 0. The van der Waals surface area contributed by atoms with Crippen LogP contribution >= 0.6 is 0 Å². The van der Waals surface area contributed by atoms with Gasteiger partial charge in [0.2, 0.25) is 0 Å². The minimum absolute atomic E-state index is 0.175. The Balaban J connectivity index is 2.40. The number of carbonyl (C=O) groups is 1. The molecule has 0 amide bonds. The second-order valence-corrected chi connectivity index (χ2v) is 5.34. The van der Waals surface area contributed by atoms with E-state index >= 15 is 0 Å². The van der Waals surface area contributed by atoms with Gasteiger partial charge in [-0.3, -0.25) is 4.79 Å². The summed E-state index contributed by atoms with van der Waals surface area (Å²) < 4.78 is 5.12. The van der Waals surface area contributed by atoms with Crippen LogP contribution in [-0.4, -0.2) is 10.9 Å². The SMILES string of the molecule is C=COC(=C)CC(O)c1c(CC)ccc2c1CCCC2=O. The van der Waals surface area contributed by atoms with E-state index in [2.05, 4.69) is 20.1 Å². The Hall–Kier alpha value is -1.87. The van der Waals surface area contributed by atoms with E-state index < -0.39 is 6.10 Å². The second-order valence-electron chi connectivity index (χ2n) is 5.34. The lowest BCUT2D eigenvalue weighted by Crippen LogP contribution is -2.17. The molecule has 0 aliphatic heterocycles. The minimum Gasteiger partial charge on any atom is -0.470 e. The van der Waals surface area contributed by atoms with Crippen LogP contribution in [0.4, 0.5) is 0 Å². The molecule has 0 spiro atoms. The largest absolute Gasteiger partial charge is 0.470 e. The Morgan fingerprint density at radius 1 is 1.48 bits per heavy atom. The minimum atomic E-state index is -0.701. The first-order valence-electron chi connectivity index (χ1n) is 7.39. The summed E-state index contributed by atoms with van der Waals surface area (Å²) in [7, 11) is 0. The van der Waals surface area contributed by atoms with Gasteiger partial charge in [-0.05, 0) is 36.0 Å². The van der Waals surface area contributed by atoms with E-state index in [4.69, 9.17) is 4.74 Å². The van der Waals surface area contributed by atoms with E-state index in [0.29, 0.717) is 18.6 Å². The van der Waals surface area contributed by atoms with Crippen LogP contribution < -0.4 is 0 Å². The van der Waals surface area contributed by atoms with Gasteiger partial charge >= 0.3 is 0 Å². The lowest BCUT2D eigenvalue weighted by molar-refractivity contribution is 0.0971. The summed E-state index contributed by atoms with van der Waals surface area (Å²) in [5.74, 6) is 0.646. The van der Waals surface area contributed by atoms with Gasteiger partial charge in [0.15, 0.2) is 5.78 Å². The molecule has 21 heavy (non-hydrogen) atoms. The summed E-state index contributed by atoms with van der Waals surface area (Å²) in [6.07, 6.45) is 4.03. The first-order valence-corrected chi connectivity index (χ1v) is 7.39. The number of fused-ring (bicyclic) bond motifs is 1. The summed E-state index contributed by atoms with van der Waals surface area (Å²) in [4.78, 5) is 12.0. The van der Waals surface area contributed by atoms with Crippen molar-refractivity contribution >= 4 is 5.78 Å². The predicted octanol–water partition coefficient (Wildman–Crippen LogP) is 3.87. The van der Waals surface area contributed by atoms with E-state index in [0.717, 1.165) is 41.5 Å². The Bertz CT molecular complexity index is 572. The molecular formula is C18H22O3. The summed E-state index contributed by atoms with van der Waals surface area (Å²) in [5, 5.41) is 10.6. The summed E-state index contributed by atoms with van der Waals surface area (Å²) in [6.45, 7) is 9.31. The van der Waals surface area contributed by atoms with Crippen molar-refractivity contribution in [3.8, 4) is 0 Å². The van der Waals surface area contributed by atoms with Gasteiger partial charge < -0.3 is 9.84 Å². The maximum Gasteiger partial charge on any atom is 0.163 e. The molecule has 0 fully saturated rings. The highest BCUT2D eigenvalue weighted by Gasteiger charge is 2.25. The Labute approximate surface area is 125 Å². The van der Waals surface area contributed by atoms with Gasteiger partial charge in [-0.15, -0.1) is 0 Å². The quantitative estimate of drug-likeness (QED) is 0.808. The molecular weight excluding hydrogens is 264 g/mol. The monoisotopic (exact) mass is 286 g/mol. The zero-order valence-corrected chi connectivity index (χ0v) is 12.5. The predicted molar refractivity (Wildman–Crippen MR) is 83.1 cm³/mol. The number of carbonyl (C=O) groups excluding carboxylic acids is 1. The second kappa shape index (κ2) is 6.72. The van der Waals surface area contributed by atoms with Crippen LogP contribution in [0.5, 0.6) is 0 Å². The Kier molecular flexibility index (Phi) is 4.97. The summed E-state index contributed by atoms with van der Waals surface area (Å²) in [6, 6.07) is 3.86. The van der Waals surface area contributed by atoms with Gasteiger partial charge in [0, 0.05) is 18.4 Å². The average Bonchev–Trinajstić information content (AvgIpc) is 2.46. The Morgan fingerprint density at radius 3 is 2.90 bits per heavy atom. The van der Waals surface area contributed by atoms with Crippen LogP contribution in [0.15, 0.2) is 37.3 Å². The van der Waals surface area contributed by atoms with Crippen LogP contribution in [0, 0.1) is 0 Å². The fourth-order valence-electron chi connectivity index (χ4n) is 3.01. The highest BCUT2D eigenvalue weighted by Crippen LogP contribution is 2.34. The average molecular weight is 286 g/mol. The molecule has 1 atom stereocenters. The zero-order valence-electron chi connectivity index (χ0n) is 12.5. The lowest BCUT2D eigenvalue weighted by Gasteiger charge is -2.24. The van der Waals surface area contributed by atoms with Crippen LogP contribution in [0.25, 0.3) is 0 Å². The number of benzene rings is 1. The molecule has 0 aromatic heterocycles. The summed E-state index contributed by atoms with van der Waals surface area (Å²) in [5.41, 5.74) is 3.74. The van der Waals surface area contributed by atoms with Crippen molar-refractivity contribution in [2.24, 2.45) is 0 Å². The molecule has 0 heterocycles. The number of rotatable bonds is 6. The number of ketones is 1. The van der Waals surface area contributed by atoms with Gasteiger partial charge in [0.1, 0.15) is 0 Å². The highest BCUT2D eigenvalue weighted by molar-refractivity contribution is 5.99. The van der Waals surface area contributed by atoms with Gasteiger partial charge in [0.05, 0.1) is 18.1 Å². The smallest absolute Gasteiger partial charge is 0.163 e. The number of ether oxygens (including phenoxy) is 1. The first-order chi connectivity index (χ1) is 10.1. The topological polar surface area (TPSA) is 46.5 Å². The van der Waals surface area contributed by atoms with Crippen molar-refractivity contribution in [1.82, 2.24) is 0 Å². The third kappa shape index (κ3) is 3.24. The molecule has 1 aromatic rings. The van der Waals surface area contributed by atoms with E-state index in [1.807, 2.05) is 12.1 Å². The number of Topliss-reactive ketones (excluding diaryl/α,β-unsaturated/α-hetero) is 1. The number of hydrogen-bond acceptors (Lipinski definition) is 3. The third-order valence-electron chi connectivity index (χ3n) is 3.96. The highest BCUT2D eigenvalue weighted by atomic mass is 16.5. The van der Waals surface area contributed by atoms with Crippen molar-refractivity contribution in [2.45, 2.75) is 45.1 Å². The molecule has 0 saturated carbocycles. The van der Waals surface area contributed by atoms with Crippen molar-refractivity contribution in [2.75, 3.05) is 0 Å². The molecule has 2 rings (SSSR count). The normalized spacial score (nSPS) is 15.2. The molecule has 112 valence electrons. The molecule has 1 N–H and O–H groups in total. The van der Waals surface area contributed by atoms with E-state index in [-0.39, 0.29) is 5.78 Å². The fraction of sp³-hybridized carbons (Fsp3) is 0.389. The van der Waals surface area contributed by atoms with Crippen LogP contribution in [-0.2, 0) is 17.6 Å². The number of aliphatic hydroxyl groups is 1. The molecule has 0 bridgehead atoms. The zero-order chi connectivity index (χ0) is 15.4. The van der Waals surface area contributed by atoms with Crippen LogP contribution in [0.3, 0.4) is 0 Å². The number of aliphatic hydroxyl groups excluding tert-OH is 1. The molecule has 3 nitrogen and oxygen atoms in total. The molecule has 3 heteroatoms. The van der Waals surface area contributed by atoms with Crippen molar-refractivity contribution in [3.63, 3.8) is 0 Å². The number of aryl methyl sites for hydroxylation is 1. The number of hydrogen-bond donors (Lipinski definition) is 1. The van der Waals surface area contributed by atoms with Crippen molar-refractivity contribution in [1.29, 1.82) is 0 Å². The standard InChI is InChI=1S/C18H22O3/c1-4-13-9-10-14-15(7-6-8-16(14)19)18(13)17(20)11-12(3)21-5-2/h5,9-10,17,20H,2-4,6-8,11H2,1H3. The van der Waals surface area contributed by atoms with Gasteiger partial charge in [-0.1, -0.05) is 32.2 Å². The van der Waals surface area contributed by atoms with E-state index in [1.165, 1.54) is 6.26 Å². The Morgan fingerprint density at radius 2 is 2.24 bits per heavy atom. The fourth-order valence-corrected chi connectivity index (χ4v) is 3.01.